The van der Waals surface area contributed by atoms with Gasteiger partial charge in [-0.1, -0.05) is 60.7 Å². The van der Waals surface area contributed by atoms with Gasteiger partial charge in [0.25, 0.3) is 5.91 Å². The lowest BCUT2D eigenvalue weighted by Gasteiger charge is -2.48. The predicted octanol–water partition coefficient (Wildman–Crippen LogP) is 1.75. The van der Waals surface area contributed by atoms with Crippen LogP contribution in [0.1, 0.15) is 11.1 Å². The largest absolute Gasteiger partial charge is 0.480 e. The van der Waals surface area contributed by atoms with Crippen molar-refractivity contribution in [2.45, 2.75) is 29.5 Å². The van der Waals surface area contributed by atoms with Crippen LogP contribution < -0.4 is 5.32 Å². The Bertz CT molecular complexity index is 1090. The second-order valence-electron chi connectivity index (χ2n) is 7.73. The summed E-state index contributed by atoms with van der Waals surface area (Å²) in [7, 11) is 0. The molecule has 4 rings (SSSR count). The number of esters is 1. The zero-order chi connectivity index (χ0) is 23.4. The second-order valence-corrected chi connectivity index (χ2v) is 8.95. The number of carboxylic acids is 1. The van der Waals surface area contributed by atoms with Crippen LogP contribution in [0.15, 0.2) is 72.4 Å². The third-order valence-electron chi connectivity index (χ3n) is 5.34. The molecule has 33 heavy (non-hydrogen) atoms. The number of nitrogens with one attached hydrogen (secondary N) is 1. The molecular formula is C24H22N2O6S. The highest BCUT2D eigenvalue weighted by atomic mass is 32.2. The Kier molecular flexibility index (Phi) is 6.79. The predicted molar refractivity (Wildman–Crippen MR) is 121 cm³/mol. The Labute approximate surface area is 194 Å². The van der Waals surface area contributed by atoms with Crippen molar-refractivity contribution in [2.24, 2.45) is 0 Å². The van der Waals surface area contributed by atoms with E-state index in [2.05, 4.69) is 5.32 Å². The van der Waals surface area contributed by atoms with Crippen molar-refractivity contribution in [3.63, 3.8) is 0 Å². The van der Waals surface area contributed by atoms with Crippen LogP contribution in [0.25, 0.3) is 0 Å². The third-order valence-corrected chi connectivity index (χ3v) is 6.89. The SMILES string of the molecule is O=C(Cc1ccccc1)NC1C(=O)N2C=C(COC(=O)Cc3ccccc3)C(C(=O)O)S[C@H]12. The normalized spacial score (nSPS) is 21.3. The molecule has 0 spiro atoms. The zero-order valence-corrected chi connectivity index (χ0v) is 18.4. The minimum Gasteiger partial charge on any atom is -0.480 e. The summed E-state index contributed by atoms with van der Waals surface area (Å²) in [6.07, 6.45) is 1.63. The van der Waals surface area contributed by atoms with Crippen molar-refractivity contribution in [3.8, 4) is 0 Å². The highest BCUT2D eigenvalue weighted by molar-refractivity contribution is 8.01. The second kappa shape index (κ2) is 9.91. The molecule has 9 heteroatoms. The highest BCUT2D eigenvalue weighted by Crippen LogP contribution is 2.40. The standard InChI is InChI=1S/C24H22N2O6S/c27-18(11-15-7-3-1-4-8-15)25-20-22(29)26-13-17(21(24(30)31)33-23(20)26)14-32-19(28)12-16-9-5-2-6-10-16/h1-10,13,20-21,23H,11-12,14H2,(H,25,27)(H,30,31)/t20?,21?,23-/m1/s1. The molecule has 0 aliphatic carbocycles. The molecule has 170 valence electrons. The van der Waals surface area contributed by atoms with Crippen LogP contribution in [0, 0.1) is 0 Å². The van der Waals surface area contributed by atoms with Crippen LogP contribution in [0.3, 0.4) is 0 Å². The number of nitrogens with zero attached hydrogens (tertiary/aromatic N) is 1. The van der Waals surface area contributed by atoms with Gasteiger partial charge in [-0.25, -0.2) is 0 Å². The number of aliphatic carboxylic acids is 1. The maximum absolute atomic E-state index is 12.6. The maximum atomic E-state index is 12.6. The van der Waals surface area contributed by atoms with Crippen LogP contribution >= 0.6 is 11.8 Å². The molecule has 0 radical (unpaired) electrons. The molecule has 2 amide bonds. The molecular weight excluding hydrogens is 444 g/mol. The van der Waals surface area contributed by atoms with Crippen LogP contribution in [-0.4, -0.2) is 57.0 Å². The fourth-order valence-electron chi connectivity index (χ4n) is 3.69. The summed E-state index contributed by atoms with van der Waals surface area (Å²) in [5.41, 5.74) is 1.92. The number of thioether (sulfide) groups is 1. The minimum atomic E-state index is -1.10. The first-order valence-corrected chi connectivity index (χ1v) is 11.3. The fraction of sp³-hybridized carbons (Fsp3) is 0.250. The molecule has 3 atom stereocenters. The zero-order valence-electron chi connectivity index (χ0n) is 17.5. The third kappa shape index (κ3) is 5.25. The van der Waals surface area contributed by atoms with Gasteiger partial charge in [0.05, 0.1) is 12.8 Å². The van der Waals surface area contributed by atoms with Gasteiger partial charge in [-0.2, -0.15) is 0 Å². The Balaban J connectivity index is 1.37. The van der Waals surface area contributed by atoms with Gasteiger partial charge in [-0.15, -0.1) is 11.8 Å². The van der Waals surface area contributed by atoms with Crippen LogP contribution in [0.4, 0.5) is 0 Å². The Morgan fingerprint density at radius 1 is 0.970 bits per heavy atom. The van der Waals surface area contributed by atoms with Gasteiger partial charge in [0.15, 0.2) is 0 Å². The van der Waals surface area contributed by atoms with Gasteiger partial charge in [0.1, 0.15) is 23.3 Å². The number of carbonyl (C=O) groups is 4. The molecule has 2 N–H and O–H groups in total. The van der Waals surface area contributed by atoms with E-state index in [1.807, 2.05) is 48.5 Å². The van der Waals surface area contributed by atoms with Gasteiger partial charge in [0.2, 0.25) is 5.91 Å². The monoisotopic (exact) mass is 466 g/mol. The molecule has 2 aliphatic heterocycles. The number of benzene rings is 2. The van der Waals surface area contributed by atoms with Crippen molar-refractivity contribution >= 4 is 35.5 Å². The van der Waals surface area contributed by atoms with E-state index in [1.165, 1.54) is 11.1 Å². The Morgan fingerprint density at radius 2 is 1.58 bits per heavy atom. The van der Waals surface area contributed by atoms with E-state index in [1.54, 1.807) is 12.1 Å². The number of amides is 2. The number of β-lactam (4-membered cyclic amide) rings is 1. The van der Waals surface area contributed by atoms with E-state index in [-0.39, 0.29) is 31.3 Å². The number of hydrogen-bond donors (Lipinski definition) is 2. The van der Waals surface area contributed by atoms with E-state index >= 15 is 0 Å². The first kappa shape index (κ1) is 22.6. The van der Waals surface area contributed by atoms with E-state index in [0.29, 0.717) is 5.57 Å². The summed E-state index contributed by atoms with van der Waals surface area (Å²) < 4.78 is 5.27. The first-order chi connectivity index (χ1) is 15.9. The average Bonchev–Trinajstić information content (AvgIpc) is 2.81. The Morgan fingerprint density at radius 3 is 2.18 bits per heavy atom. The van der Waals surface area contributed by atoms with E-state index < -0.39 is 28.6 Å². The molecule has 1 fully saturated rings. The van der Waals surface area contributed by atoms with Crippen molar-refractivity contribution in [1.82, 2.24) is 10.2 Å². The first-order valence-electron chi connectivity index (χ1n) is 10.4. The summed E-state index contributed by atoms with van der Waals surface area (Å²) in [5.74, 6) is -2.22. The number of fused-ring (bicyclic) bond motifs is 1. The van der Waals surface area contributed by atoms with Gasteiger partial charge in [-0.3, -0.25) is 19.2 Å². The lowest BCUT2D eigenvalue weighted by molar-refractivity contribution is -0.145. The average molecular weight is 467 g/mol. The van der Waals surface area contributed by atoms with E-state index in [4.69, 9.17) is 4.74 Å². The maximum Gasteiger partial charge on any atom is 0.321 e. The summed E-state index contributed by atoms with van der Waals surface area (Å²) in [6.45, 7) is -0.225. The lowest BCUT2D eigenvalue weighted by Crippen LogP contribution is -2.69. The molecule has 2 aromatic rings. The van der Waals surface area contributed by atoms with Gasteiger partial charge in [0, 0.05) is 11.8 Å². The molecule has 0 saturated carbocycles. The molecule has 8 nitrogen and oxygen atoms in total. The Hall–Kier alpha value is -3.59. The highest BCUT2D eigenvalue weighted by Gasteiger charge is 2.52. The molecule has 2 aliphatic rings. The number of carboxylic acid groups (broad SMARTS) is 1. The summed E-state index contributed by atoms with van der Waals surface area (Å²) in [4.78, 5) is 50.3. The van der Waals surface area contributed by atoms with Crippen molar-refractivity contribution in [3.05, 3.63) is 83.6 Å². The molecule has 2 heterocycles. The number of hydrogen-bond acceptors (Lipinski definition) is 6. The minimum absolute atomic E-state index is 0.0692. The number of ether oxygens (including phenoxy) is 1. The molecule has 2 aromatic carbocycles. The molecule has 0 bridgehead atoms. The molecule has 0 aromatic heterocycles. The summed E-state index contributed by atoms with van der Waals surface area (Å²) in [5, 5.41) is 10.9. The number of rotatable bonds is 8. The van der Waals surface area contributed by atoms with Crippen molar-refractivity contribution < 1.29 is 29.0 Å². The molecule has 2 unspecified atom stereocenters. The summed E-state index contributed by atoms with van der Waals surface area (Å²) >= 11 is 1.04. The van der Waals surface area contributed by atoms with Crippen LogP contribution in [0.5, 0.6) is 0 Å². The molecule has 1 saturated heterocycles. The summed E-state index contributed by atoms with van der Waals surface area (Å²) in [6, 6.07) is 17.4. The van der Waals surface area contributed by atoms with Gasteiger partial charge < -0.3 is 20.1 Å². The van der Waals surface area contributed by atoms with Gasteiger partial charge in [-0.05, 0) is 11.1 Å². The van der Waals surface area contributed by atoms with Gasteiger partial charge >= 0.3 is 11.9 Å². The van der Waals surface area contributed by atoms with Crippen LogP contribution in [0.2, 0.25) is 0 Å². The smallest absolute Gasteiger partial charge is 0.321 e. The lowest BCUT2D eigenvalue weighted by atomic mass is 10.0. The fourth-order valence-corrected chi connectivity index (χ4v) is 5.02. The van der Waals surface area contributed by atoms with E-state index in [0.717, 1.165) is 22.9 Å². The van der Waals surface area contributed by atoms with Crippen molar-refractivity contribution in [2.75, 3.05) is 6.61 Å². The quantitative estimate of drug-likeness (QED) is 0.450. The number of carbonyl (C=O) groups excluding carboxylic acids is 3. The van der Waals surface area contributed by atoms with Crippen LogP contribution in [-0.2, 0) is 36.8 Å². The topological polar surface area (TPSA) is 113 Å². The van der Waals surface area contributed by atoms with E-state index in [9.17, 15) is 24.3 Å². The van der Waals surface area contributed by atoms with Crippen molar-refractivity contribution in [1.29, 1.82) is 0 Å².